The number of hydrogen-bond donors (Lipinski definition) is 1. The summed E-state index contributed by atoms with van der Waals surface area (Å²) in [7, 11) is 0. The average Bonchev–Trinajstić information content (AvgIpc) is 2.40. The molecular formula is C15H23N3. The maximum atomic E-state index is 4.27. The summed E-state index contributed by atoms with van der Waals surface area (Å²) < 4.78 is 0. The molecule has 0 aliphatic heterocycles. The third-order valence-electron chi connectivity index (χ3n) is 3.42. The average molecular weight is 245 g/mol. The Kier molecular flexibility index (Phi) is 4.73. The number of allylic oxidation sites excluding steroid dienone is 1. The molecular weight excluding hydrogens is 222 g/mol. The molecule has 3 nitrogen and oxygen atoms in total. The second-order valence-corrected chi connectivity index (χ2v) is 5.27. The van der Waals surface area contributed by atoms with Crippen LogP contribution >= 0.6 is 0 Å². The Balaban J connectivity index is 1.82. The zero-order valence-corrected chi connectivity index (χ0v) is 11.4. The predicted octanol–water partition coefficient (Wildman–Crippen LogP) is 3.90. The van der Waals surface area contributed by atoms with Crippen molar-refractivity contribution < 1.29 is 0 Å². The maximum absolute atomic E-state index is 4.27. The first kappa shape index (κ1) is 13.1. The fourth-order valence-electron chi connectivity index (χ4n) is 2.27. The summed E-state index contributed by atoms with van der Waals surface area (Å²) in [5.74, 6) is 1.40. The standard InChI is InChI=1S/C15H23N3/c1-12(2)14-10-15(18-11-17-14)16-9-8-13-6-4-3-5-7-13/h6,10-12H,3-5,7-9H2,1-2H3,(H,16,17,18). The lowest BCUT2D eigenvalue weighted by molar-refractivity contribution is 0.679. The fraction of sp³-hybridized carbons (Fsp3) is 0.600. The Bertz CT molecular complexity index is 410. The van der Waals surface area contributed by atoms with Crippen molar-refractivity contribution in [3.8, 4) is 0 Å². The van der Waals surface area contributed by atoms with Crippen molar-refractivity contribution in [1.82, 2.24) is 9.97 Å². The minimum atomic E-state index is 0.453. The van der Waals surface area contributed by atoms with E-state index in [9.17, 15) is 0 Å². The molecule has 2 rings (SSSR count). The van der Waals surface area contributed by atoms with Gasteiger partial charge in [-0.25, -0.2) is 9.97 Å². The molecule has 0 saturated carbocycles. The third kappa shape index (κ3) is 3.83. The monoisotopic (exact) mass is 245 g/mol. The number of nitrogens with one attached hydrogen (secondary N) is 1. The van der Waals surface area contributed by atoms with Gasteiger partial charge in [-0.05, 0) is 38.0 Å². The molecule has 0 radical (unpaired) electrons. The molecule has 0 saturated heterocycles. The van der Waals surface area contributed by atoms with Crippen molar-refractivity contribution in [1.29, 1.82) is 0 Å². The Morgan fingerprint density at radius 3 is 2.89 bits per heavy atom. The third-order valence-corrected chi connectivity index (χ3v) is 3.42. The smallest absolute Gasteiger partial charge is 0.129 e. The molecule has 0 unspecified atom stereocenters. The van der Waals surface area contributed by atoms with Crippen molar-refractivity contribution in [2.75, 3.05) is 11.9 Å². The summed E-state index contributed by atoms with van der Waals surface area (Å²) in [5, 5.41) is 3.40. The van der Waals surface area contributed by atoms with Crippen LogP contribution in [-0.2, 0) is 0 Å². The molecule has 1 aliphatic rings. The van der Waals surface area contributed by atoms with E-state index < -0.39 is 0 Å². The SMILES string of the molecule is CC(C)c1cc(NCCC2=CCCCC2)ncn1. The van der Waals surface area contributed by atoms with Gasteiger partial charge in [0.15, 0.2) is 0 Å². The van der Waals surface area contributed by atoms with Gasteiger partial charge in [-0.2, -0.15) is 0 Å². The van der Waals surface area contributed by atoms with E-state index in [0.29, 0.717) is 5.92 Å². The highest BCUT2D eigenvalue weighted by Crippen LogP contribution is 2.20. The first-order valence-electron chi connectivity index (χ1n) is 6.99. The van der Waals surface area contributed by atoms with Crippen molar-refractivity contribution in [2.45, 2.75) is 51.9 Å². The van der Waals surface area contributed by atoms with Gasteiger partial charge in [0.05, 0.1) is 0 Å². The van der Waals surface area contributed by atoms with Crippen LogP contribution in [0.4, 0.5) is 5.82 Å². The number of aromatic nitrogens is 2. The molecule has 1 N–H and O–H groups in total. The molecule has 1 aromatic rings. The summed E-state index contributed by atoms with van der Waals surface area (Å²) in [6.45, 7) is 5.28. The van der Waals surface area contributed by atoms with E-state index in [0.717, 1.165) is 24.5 Å². The van der Waals surface area contributed by atoms with Gasteiger partial charge in [0, 0.05) is 18.3 Å². The van der Waals surface area contributed by atoms with Gasteiger partial charge in [-0.1, -0.05) is 25.5 Å². The molecule has 1 heterocycles. The van der Waals surface area contributed by atoms with Crippen LogP contribution in [0, 0.1) is 0 Å². The van der Waals surface area contributed by atoms with Gasteiger partial charge in [0.25, 0.3) is 0 Å². The van der Waals surface area contributed by atoms with Gasteiger partial charge in [0.2, 0.25) is 0 Å². The van der Waals surface area contributed by atoms with Crippen LogP contribution in [0.15, 0.2) is 24.0 Å². The Morgan fingerprint density at radius 2 is 2.17 bits per heavy atom. The van der Waals surface area contributed by atoms with Crippen LogP contribution in [0.2, 0.25) is 0 Å². The number of hydrogen-bond acceptors (Lipinski definition) is 3. The quantitative estimate of drug-likeness (QED) is 0.799. The van der Waals surface area contributed by atoms with Gasteiger partial charge >= 0.3 is 0 Å². The molecule has 3 heteroatoms. The number of nitrogens with zero attached hydrogens (tertiary/aromatic N) is 2. The second-order valence-electron chi connectivity index (χ2n) is 5.27. The summed E-state index contributed by atoms with van der Waals surface area (Å²) in [4.78, 5) is 8.54. The van der Waals surface area contributed by atoms with E-state index in [1.807, 2.05) is 0 Å². The number of rotatable bonds is 5. The van der Waals surface area contributed by atoms with Crippen molar-refractivity contribution in [3.05, 3.63) is 29.7 Å². The molecule has 0 bridgehead atoms. The van der Waals surface area contributed by atoms with Crippen LogP contribution in [-0.4, -0.2) is 16.5 Å². The minimum absolute atomic E-state index is 0.453. The van der Waals surface area contributed by atoms with Gasteiger partial charge in [0.1, 0.15) is 12.1 Å². The Morgan fingerprint density at radius 1 is 1.28 bits per heavy atom. The van der Waals surface area contributed by atoms with E-state index in [4.69, 9.17) is 0 Å². The fourth-order valence-corrected chi connectivity index (χ4v) is 2.27. The van der Waals surface area contributed by atoms with Gasteiger partial charge < -0.3 is 5.32 Å². The lowest BCUT2D eigenvalue weighted by atomic mass is 9.97. The summed E-state index contributed by atoms with van der Waals surface area (Å²) in [6.07, 6.45) is 10.5. The zero-order chi connectivity index (χ0) is 12.8. The van der Waals surface area contributed by atoms with Crippen LogP contribution in [0.3, 0.4) is 0 Å². The highest BCUT2D eigenvalue weighted by molar-refractivity contribution is 5.35. The summed E-state index contributed by atoms with van der Waals surface area (Å²) in [5.41, 5.74) is 2.70. The topological polar surface area (TPSA) is 37.8 Å². The van der Waals surface area contributed by atoms with E-state index in [1.54, 1.807) is 11.9 Å². The maximum Gasteiger partial charge on any atom is 0.129 e. The second kappa shape index (κ2) is 6.53. The molecule has 0 atom stereocenters. The molecule has 0 amide bonds. The van der Waals surface area contributed by atoms with E-state index >= 15 is 0 Å². The van der Waals surface area contributed by atoms with Gasteiger partial charge in [-0.15, -0.1) is 0 Å². The van der Waals surface area contributed by atoms with E-state index in [1.165, 1.54) is 25.7 Å². The molecule has 18 heavy (non-hydrogen) atoms. The lowest BCUT2D eigenvalue weighted by Gasteiger charge is -2.13. The first-order valence-corrected chi connectivity index (χ1v) is 6.99. The zero-order valence-electron chi connectivity index (χ0n) is 11.4. The Labute approximate surface area is 110 Å². The largest absolute Gasteiger partial charge is 0.370 e. The van der Waals surface area contributed by atoms with Gasteiger partial charge in [-0.3, -0.25) is 0 Å². The summed E-state index contributed by atoms with van der Waals surface area (Å²) in [6, 6.07) is 2.06. The number of anilines is 1. The minimum Gasteiger partial charge on any atom is -0.370 e. The van der Waals surface area contributed by atoms with Crippen molar-refractivity contribution >= 4 is 5.82 Å². The first-order chi connectivity index (χ1) is 8.75. The molecule has 1 aliphatic carbocycles. The molecule has 0 fully saturated rings. The highest BCUT2D eigenvalue weighted by Gasteiger charge is 2.05. The highest BCUT2D eigenvalue weighted by atomic mass is 15.0. The van der Waals surface area contributed by atoms with Crippen LogP contribution < -0.4 is 5.32 Å². The predicted molar refractivity (Wildman–Crippen MR) is 75.8 cm³/mol. The van der Waals surface area contributed by atoms with E-state index in [2.05, 4.69) is 41.3 Å². The lowest BCUT2D eigenvalue weighted by Crippen LogP contribution is -2.07. The van der Waals surface area contributed by atoms with E-state index in [-0.39, 0.29) is 0 Å². The normalized spacial score (nSPS) is 15.6. The van der Waals surface area contributed by atoms with Crippen LogP contribution in [0.5, 0.6) is 0 Å². The molecule has 0 aromatic carbocycles. The Hall–Kier alpha value is -1.38. The van der Waals surface area contributed by atoms with Crippen LogP contribution in [0.25, 0.3) is 0 Å². The molecule has 0 spiro atoms. The molecule has 98 valence electrons. The van der Waals surface area contributed by atoms with Crippen molar-refractivity contribution in [2.24, 2.45) is 0 Å². The molecule has 1 aromatic heterocycles. The van der Waals surface area contributed by atoms with Crippen LogP contribution in [0.1, 0.15) is 57.6 Å². The van der Waals surface area contributed by atoms with Crippen molar-refractivity contribution in [3.63, 3.8) is 0 Å². The summed E-state index contributed by atoms with van der Waals surface area (Å²) >= 11 is 0.